The minimum Gasteiger partial charge on any atom is -0.268 e. The smallest absolute Gasteiger partial charge is 0.265 e. The Morgan fingerprint density at radius 1 is 1.27 bits per heavy atom. The van der Waals surface area contributed by atoms with E-state index in [2.05, 4.69) is 6.58 Å². The van der Waals surface area contributed by atoms with E-state index in [4.69, 9.17) is 0 Å². The van der Waals surface area contributed by atoms with Gasteiger partial charge in [0.25, 0.3) is 11.8 Å². The molecule has 0 unspecified atom stereocenters. The lowest BCUT2D eigenvalue weighted by Crippen LogP contribution is -2.22. The summed E-state index contributed by atoms with van der Waals surface area (Å²) in [5.74, 6) is -0.562. The zero-order valence-electron chi connectivity index (χ0n) is 8.49. The molecule has 3 nitrogen and oxygen atoms in total. The summed E-state index contributed by atoms with van der Waals surface area (Å²) in [6.45, 7) is 5.46. The Morgan fingerprint density at radius 3 is 2.53 bits per heavy atom. The number of hydrogen-bond acceptors (Lipinski definition) is 2. The van der Waals surface area contributed by atoms with Crippen molar-refractivity contribution in [1.82, 2.24) is 4.90 Å². The molecule has 1 aliphatic rings. The van der Waals surface area contributed by atoms with Gasteiger partial charge in [-0.05, 0) is 24.1 Å². The monoisotopic (exact) mass is 201 g/mol. The van der Waals surface area contributed by atoms with Gasteiger partial charge in [-0.25, -0.2) is 4.90 Å². The summed E-state index contributed by atoms with van der Waals surface area (Å²) in [7, 11) is 0. The topological polar surface area (TPSA) is 37.4 Å². The molecule has 15 heavy (non-hydrogen) atoms. The van der Waals surface area contributed by atoms with Gasteiger partial charge in [0.15, 0.2) is 0 Å². The Hall–Kier alpha value is -1.90. The molecule has 0 aromatic heterocycles. The van der Waals surface area contributed by atoms with E-state index in [1.54, 1.807) is 12.1 Å². The standard InChI is InChI=1S/C12H11NO2/c1-3-8-5-6-9-10(7-8)12(15)13(4-2)11(9)14/h4-7H,2-3H2,1H3. The first-order valence-electron chi connectivity index (χ1n) is 4.82. The minimum absolute atomic E-state index is 0.277. The first-order chi connectivity index (χ1) is 7.19. The van der Waals surface area contributed by atoms with Crippen molar-refractivity contribution in [3.8, 4) is 0 Å². The molecule has 0 fully saturated rings. The molecule has 2 amide bonds. The van der Waals surface area contributed by atoms with Gasteiger partial charge in [0, 0.05) is 6.20 Å². The van der Waals surface area contributed by atoms with Gasteiger partial charge in [0.2, 0.25) is 0 Å². The van der Waals surface area contributed by atoms with E-state index in [-0.39, 0.29) is 11.8 Å². The third-order valence-electron chi connectivity index (χ3n) is 2.57. The Bertz CT molecular complexity index is 463. The van der Waals surface area contributed by atoms with Crippen LogP contribution < -0.4 is 0 Å². The molecule has 0 aliphatic carbocycles. The number of fused-ring (bicyclic) bond motifs is 1. The highest BCUT2D eigenvalue weighted by Gasteiger charge is 2.33. The summed E-state index contributed by atoms with van der Waals surface area (Å²) in [5, 5.41) is 0. The molecule has 1 aromatic carbocycles. The summed E-state index contributed by atoms with van der Waals surface area (Å²) in [6.07, 6.45) is 2.11. The number of aryl methyl sites for hydroxylation is 1. The van der Waals surface area contributed by atoms with Gasteiger partial charge in [-0.2, -0.15) is 0 Å². The molecule has 0 saturated heterocycles. The molecule has 1 aromatic rings. The van der Waals surface area contributed by atoms with Gasteiger partial charge < -0.3 is 0 Å². The second-order valence-electron chi connectivity index (χ2n) is 3.40. The quantitative estimate of drug-likeness (QED) is 0.686. The van der Waals surface area contributed by atoms with Crippen LogP contribution in [0.2, 0.25) is 0 Å². The normalized spacial score (nSPS) is 14.3. The zero-order valence-corrected chi connectivity index (χ0v) is 8.49. The van der Waals surface area contributed by atoms with Crippen LogP contribution in [-0.2, 0) is 6.42 Å². The van der Waals surface area contributed by atoms with Gasteiger partial charge in [-0.1, -0.05) is 19.6 Å². The average Bonchev–Trinajstić information content (AvgIpc) is 2.51. The first-order valence-corrected chi connectivity index (χ1v) is 4.82. The van der Waals surface area contributed by atoms with E-state index >= 15 is 0 Å². The van der Waals surface area contributed by atoms with Crippen LogP contribution in [0.25, 0.3) is 0 Å². The summed E-state index contributed by atoms with van der Waals surface area (Å²) < 4.78 is 0. The number of imide groups is 1. The number of rotatable bonds is 2. The Labute approximate surface area is 88.0 Å². The minimum atomic E-state index is -0.285. The highest BCUT2D eigenvalue weighted by molar-refractivity contribution is 6.22. The predicted octanol–water partition coefficient (Wildman–Crippen LogP) is 1.99. The third kappa shape index (κ3) is 1.28. The summed E-state index contributed by atoms with van der Waals surface area (Å²) in [6, 6.07) is 5.35. The van der Waals surface area contributed by atoms with Gasteiger partial charge >= 0.3 is 0 Å². The molecule has 1 aliphatic heterocycles. The van der Waals surface area contributed by atoms with E-state index in [1.165, 1.54) is 6.20 Å². The van der Waals surface area contributed by atoms with Crippen molar-refractivity contribution in [1.29, 1.82) is 0 Å². The van der Waals surface area contributed by atoms with Crippen molar-refractivity contribution < 1.29 is 9.59 Å². The van der Waals surface area contributed by atoms with E-state index in [0.717, 1.165) is 16.9 Å². The maximum Gasteiger partial charge on any atom is 0.265 e. The van der Waals surface area contributed by atoms with Crippen LogP contribution in [0.15, 0.2) is 31.0 Å². The summed E-state index contributed by atoms with van der Waals surface area (Å²) >= 11 is 0. The Morgan fingerprint density at radius 2 is 1.93 bits per heavy atom. The lowest BCUT2D eigenvalue weighted by Gasteiger charge is -2.04. The maximum atomic E-state index is 11.7. The number of nitrogens with zero attached hydrogens (tertiary/aromatic N) is 1. The Balaban J connectivity index is 2.57. The molecule has 0 spiro atoms. The van der Waals surface area contributed by atoms with Gasteiger partial charge in [0.1, 0.15) is 0 Å². The van der Waals surface area contributed by atoms with E-state index < -0.39 is 0 Å². The molecule has 0 atom stereocenters. The van der Waals surface area contributed by atoms with Crippen molar-refractivity contribution in [2.24, 2.45) is 0 Å². The fraction of sp³-hybridized carbons (Fsp3) is 0.167. The van der Waals surface area contributed by atoms with Crippen molar-refractivity contribution in [2.75, 3.05) is 0 Å². The number of carbonyl (C=O) groups is 2. The number of carbonyl (C=O) groups excluding carboxylic acids is 2. The van der Waals surface area contributed by atoms with Crippen LogP contribution in [-0.4, -0.2) is 16.7 Å². The van der Waals surface area contributed by atoms with E-state index in [9.17, 15) is 9.59 Å². The molecule has 3 heteroatoms. The summed E-state index contributed by atoms with van der Waals surface area (Å²) in [4.78, 5) is 24.5. The van der Waals surface area contributed by atoms with Crippen LogP contribution in [0.1, 0.15) is 33.2 Å². The molecule has 1 heterocycles. The zero-order chi connectivity index (χ0) is 11.0. The highest BCUT2D eigenvalue weighted by Crippen LogP contribution is 2.24. The second-order valence-corrected chi connectivity index (χ2v) is 3.40. The molecule has 0 N–H and O–H groups in total. The van der Waals surface area contributed by atoms with Crippen molar-refractivity contribution >= 4 is 11.8 Å². The van der Waals surface area contributed by atoms with Crippen LogP contribution in [0.5, 0.6) is 0 Å². The lowest BCUT2D eigenvalue weighted by atomic mass is 10.0. The van der Waals surface area contributed by atoms with Crippen LogP contribution in [0.3, 0.4) is 0 Å². The van der Waals surface area contributed by atoms with Crippen molar-refractivity contribution in [3.05, 3.63) is 47.7 Å². The molecular weight excluding hydrogens is 190 g/mol. The SMILES string of the molecule is C=CN1C(=O)c2ccc(CC)cc2C1=O. The molecule has 0 bridgehead atoms. The first kappa shape index (κ1) is 9.65. The molecular formula is C12H11NO2. The van der Waals surface area contributed by atoms with E-state index in [0.29, 0.717) is 11.1 Å². The fourth-order valence-electron chi connectivity index (χ4n) is 1.69. The maximum absolute atomic E-state index is 11.7. The van der Waals surface area contributed by atoms with Crippen LogP contribution in [0, 0.1) is 0 Å². The van der Waals surface area contributed by atoms with Gasteiger partial charge in [-0.3, -0.25) is 9.59 Å². The number of hydrogen-bond donors (Lipinski definition) is 0. The molecule has 0 saturated carbocycles. The van der Waals surface area contributed by atoms with Crippen molar-refractivity contribution in [2.45, 2.75) is 13.3 Å². The average molecular weight is 201 g/mol. The number of amides is 2. The van der Waals surface area contributed by atoms with Crippen molar-refractivity contribution in [3.63, 3.8) is 0 Å². The van der Waals surface area contributed by atoms with Gasteiger partial charge in [-0.15, -0.1) is 0 Å². The fourth-order valence-corrected chi connectivity index (χ4v) is 1.69. The highest BCUT2D eigenvalue weighted by atomic mass is 16.2. The third-order valence-corrected chi connectivity index (χ3v) is 2.57. The Kier molecular flexibility index (Phi) is 2.15. The van der Waals surface area contributed by atoms with Crippen LogP contribution in [0.4, 0.5) is 0 Å². The molecule has 0 radical (unpaired) electrons. The van der Waals surface area contributed by atoms with Gasteiger partial charge in [0.05, 0.1) is 11.1 Å². The van der Waals surface area contributed by atoms with Crippen LogP contribution >= 0.6 is 0 Å². The summed E-state index contributed by atoms with van der Waals surface area (Å²) in [5.41, 5.74) is 2.01. The second kappa shape index (κ2) is 3.35. The lowest BCUT2D eigenvalue weighted by molar-refractivity contribution is 0.0722. The predicted molar refractivity (Wildman–Crippen MR) is 56.5 cm³/mol. The molecule has 2 rings (SSSR count). The molecule has 76 valence electrons. The largest absolute Gasteiger partial charge is 0.268 e. The number of benzene rings is 1. The van der Waals surface area contributed by atoms with E-state index in [1.807, 2.05) is 13.0 Å².